The van der Waals surface area contributed by atoms with Crippen LogP contribution in [0.1, 0.15) is 24.5 Å². The highest BCUT2D eigenvalue weighted by atomic mass is 16.5. The first kappa shape index (κ1) is 14.9. The summed E-state index contributed by atoms with van der Waals surface area (Å²) in [5, 5.41) is 3.29. The normalized spacial score (nSPS) is 18.9. The minimum absolute atomic E-state index is 0.185. The van der Waals surface area contributed by atoms with Crippen molar-refractivity contribution in [3.63, 3.8) is 0 Å². The predicted molar refractivity (Wildman–Crippen MR) is 80.1 cm³/mol. The minimum Gasteiger partial charge on any atom is -0.493 e. The Morgan fingerprint density at radius 3 is 3.00 bits per heavy atom. The lowest BCUT2D eigenvalue weighted by Crippen LogP contribution is -2.52. The van der Waals surface area contributed by atoms with E-state index in [0.29, 0.717) is 13.0 Å². The first-order valence-electron chi connectivity index (χ1n) is 7.28. The topological polar surface area (TPSA) is 41.6 Å². The van der Waals surface area contributed by atoms with Crippen LogP contribution in [-0.4, -0.2) is 43.1 Å². The van der Waals surface area contributed by atoms with Crippen LogP contribution in [0.5, 0.6) is 5.75 Å². The van der Waals surface area contributed by atoms with E-state index in [0.717, 1.165) is 30.9 Å². The molecule has 1 unspecified atom stereocenters. The Balaban J connectivity index is 1.83. The molecule has 1 aliphatic rings. The third kappa shape index (κ3) is 3.73. The Morgan fingerprint density at radius 1 is 1.45 bits per heavy atom. The molecule has 0 spiro atoms. The van der Waals surface area contributed by atoms with Crippen LogP contribution in [0.25, 0.3) is 0 Å². The van der Waals surface area contributed by atoms with Crippen molar-refractivity contribution in [2.75, 3.05) is 26.2 Å². The quantitative estimate of drug-likeness (QED) is 0.913. The number of aryl methyl sites for hydroxylation is 2. The van der Waals surface area contributed by atoms with Gasteiger partial charge in [-0.05, 0) is 38.0 Å². The summed E-state index contributed by atoms with van der Waals surface area (Å²) < 4.78 is 5.75. The highest BCUT2D eigenvalue weighted by Crippen LogP contribution is 2.19. The van der Waals surface area contributed by atoms with Crippen molar-refractivity contribution in [1.29, 1.82) is 0 Å². The lowest BCUT2D eigenvalue weighted by Gasteiger charge is -2.34. The van der Waals surface area contributed by atoms with E-state index < -0.39 is 0 Å². The summed E-state index contributed by atoms with van der Waals surface area (Å²) in [6.45, 7) is 9.14. The van der Waals surface area contributed by atoms with Gasteiger partial charge in [0.05, 0.1) is 13.0 Å². The van der Waals surface area contributed by atoms with Crippen LogP contribution < -0.4 is 10.1 Å². The van der Waals surface area contributed by atoms with Gasteiger partial charge in [-0.25, -0.2) is 0 Å². The van der Waals surface area contributed by atoms with Crippen LogP contribution in [-0.2, 0) is 4.79 Å². The molecule has 1 aliphatic heterocycles. The second-order valence-corrected chi connectivity index (χ2v) is 5.51. The minimum atomic E-state index is 0.185. The van der Waals surface area contributed by atoms with Gasteiger partial charge in [-0.15, -0.1) is 0 Å². The predicted octanol–water partition coefficient (Wildman–Crippen LogP) is 1.89. The molecule has 1 aromatic carbocycles. The molecule has 0 aliphatic carbocycles. The molecule has 1 atom stereocenters. The van der Waals surface area contributed by atoms with Crippen LogP contribution in [0.4, 0.5) is 0 Å². The van der Waals surface area contributed by atoms with E-state index in [1.54, 1.807) is 0 Å². The molecule has 1 heterocycles. The van der Waals surface area contributed by atoms with Crippen LogP contribution in [0, 0.1) is 13.8 Å². The largest absolute Gasteiger partial charge is 0.493 e. The molecule has 20 heavy (non-hydrogen) atoms. The van der Waals surface area contributed by atoms with Crippen molar-refractivity contribution >= 4 is 5.91 Å². The maximum absolute atomic E-state index is 12.2. The number of hydrogen-bond acceptors (Lipinski definition) is 3. The summed E-state index contributed by atoms with van der Waals surface area (Å²) in [4.78, 5) is 14.1. The molecule has 2 rings (SSSR count). The van der Waals surface area contributed by atoms with Crippen LogP contribution in [0.3, 0.4) is 0 Å². The fraction of sp³-hybridized carbons (Fsp3) is 0.562. The molecule has 1 aromatic rings. The Bertz CT molecular complexity index is 474. The van der Waals surface area contributed by atoms with Crippen molar-refractivity contribution in [3.05, 3.63) is 29.3 Å². The highest BCUT2D eigenvalue weighted by Gasteiger charge is 2.22. The van der Waals surface area contributed by atoms with Crippen LogP contribution in [0.15, 0.2) is 18.2 Å². The number of benzene rings is 1. The van der Waals surface area contributed by atoms with E-state index in [9.17, 15) is 4.79 Å². The molecule has 0 radical (unpaired) electrons. The number of rotatable bonds is 4. The van der Waals surface area contributed by atoms with Gasteiger partial charge in [0.15, 0.2) is 0 Å². The number of ether oxygens (including phenoxy) is 1. The number of carbonyl (C=O) groups is 1. The lowest BCUT2D eigenvalue weighted by atomic mass is 10.1. The van der Waals surface area contributed by atoms with Crippen molar-refractivity contribution < 1.29 is 9.53 Å². The van der Waals surface area contributed by atoms with Gasteiger partial charge in [-0.2, -0.15) is 0 Å². The molecular weight excluding hydrogens is 252 g/mol. The molecule has 1 saturated heterocycles. The van der Waals surface area contributed by atoms with Gasteiger partial charge in [0.2, 0.25) is 5.91 Å². The van der Waals surface area contributed by atoms with Gasteiger partial charge >= 0.3 is 0 Å². The second-order valence-electron chi connectivity index (χ2n) is 5.51. The Kier molecular flexibility index (Phi) is 5.01. The summed E-state index contributed by atoms with van der Waals surface area (Å²) in [7, 11) is 0. The average molecular weight is 276 g/mol. The van der Waals surface area contributed by atoms with Crippen LogP contribution >= 0.6 is 0 Å². The Labute approximate surface area is 121 Å². The highest BCUT2D eigenvalue weighted by molar-refractivity contribution is 5.76. The van der Waals surface area contributed by atoms with Gasteiger partial charge in [0, 0.05) is 25.7 Å². The molecule has 1 N–H and O–H groups in total. The van der Waals surface area contributed by atoms with Gasteiger partial charge in [-0.3, -0.25) is 4.79 Å². The number of nitrogens with zero attached hydrogens (tertiary/aromatic N) is 1. The Morgan fingerprint density at radius 2 is 2.25 bits per heavy atom. The third-order valence-corrected chi connectivity index (χ3v) is 3.74. The zero-order valence-corrected chi connectivity index (χ0v) is 12.6. The zero-order chi connectivity index (χ0) is 14.5. The fourth-order valence-electron chi connectivity index (χ4n) is 2.47. The standard InChI is InChI=1S/C16H24N2O2/c1-12-4-5-13(2)15(10-12)20-9-6-16(19)18-8-7-17-11-14(18)3/h4-5,10,14,17H,6-9,11H2,1-3H3. The fourth-order valence-corrected chi connectivity index (χ4v) is 2.47. The SMILES string of the molecule is Cc1ccc(C)c(OCCC(=O)N2CCNCC2C)c1. The first-order chi connectivity index (χ1) is 9.58. The maximum atomic E-state index is 12.2. The van der Waals surface area contributed by atoms with Gasteiger partial charge in [-0.1, -0.05) is 12.1 Å². The first-order valence-corrected chi connectivity index (χ1v) is 7.28. The number of carbonyl (C=O) groups excluding carboxylic acids is 1. The molecule has 4 heteroatoms. The van der Waals surface area contributed by atoms with Crippen LogP contribution in [0.2, 0.25) is 0 Å². The third-order valence-electron chi connectivity index (χ3n) is 3.74. The van der Waals surface area contributed by atoms with E-state index in [1.807, 2.05) is 30.9 Å². The maximum Gasteiger partial charge on any atom is 0.226 e. The molecular formula is C16H24N2O2. The second kappa shape index (κ2) is 6.75. The molecule has 1 fully saturated rings. The molecule has 0 aromatic heterocycles. The van der Waals surface area contributed by atoms with E-state index in [1.165, 1.54) is 5.56 Å². The summed E-state index contributed by atoms with van der Waals surface area (Å²) in [5.41, 5.74) is 2.28. The van der Waals surface area contributed by atoms with Gasteiger partial charge in [0.25, 0.3) is 0 Å². The molecule has 4 nitrogen and oxygen atoms in total. The van der Waals surface area contributed by atoms with E-state index >= 15 is 0 Å². The Hall–Kier alpha value is -1.55. The van der Waals surface area contributed by atoms with Crippen molar-refractivity contribution in [1.82, 2.24) is 10.2 Å². The monoisotopic (exact) mass is 276 g/mol. The zero-order valence-electron chi connectivity index (χ0n) is 12.6. The van der Waals surface area contributed by atoms with E-state index in [-0.39, 0.29) is 11.9 Å². The molecule has 0 bridgehead atoms. The smallest absolute Gasteiger partial charge is 0.226 e. The van der Waals surface area contributed by atoms with Gasteiger partial charge in [0.1, 0.15) is 5.75 Å². The van der Waals surface area contributed by atoms with Crippen molar-refractivity contribution in [2.45, 2.75) is 33.2 Å². The summed E-state index contributed by atoms with van der Waals surface area (Å²) >= 11 is 0. The van der Waals surface area contributed by atoms with Crippen molar-refractivity contribution in [3.8, 4) is 5.75 Å². The number of piperazine rings is 1. The molecule has 110 valence electrons. The summed E-state index contributed by atoms with van der Waals surface area (Å²) in [6, 6.07) is 6.41. The van der Waals surface area contributed by atoms with E-state index in [2.05, 4.69) is 18.3 Å². The molecule has 0 saturated carbocycles. The van der Waals surface area contributed by atoms with Crippen molar-refractivity contribution in [2.24, 2.45) is 0 Å². The van der Waals surface area contributed by atoms with E-state index in [4.69, 9.17) is 4.74 Å². The summed E-state index contributed by atoms with van der Waals surface area (Å²) in [6.07, 6.45) is 0.442. The average Bonchev–Trinajstić information content (AvgIpc) is 2.43. The number of hydrogen-bond donors (Lipinski definition) is 1. The lowest BCUT2D eigenvalue weighted by molar-refractivity contribution is -0.134. The van der Waals surface area contributed by atoms with Gasteiger partial charge < -0.3 is 15.0 Å². The number of nitrogens with one attached hydrogen (secondary N) is 1. The number of amides is 1. The molecule has 1 amide bonds. The summed E-state index contributed by atoms with van der Waals surface area (Å²) in [5.74, 6) is 1.07.